The van der Waals surface area contributed by atoms with E-state index in [0.717, 1.165) is 0 Å². The van der Waals surface area contributed by atoms with Gasteiger partial charge in [-0.2, -0.15) is 0 Å². The second-order valence-electron chi connectivity index (χ2n) is 2.39. The maximum atomic E-state index is 10.9. The Bertz CT molecular complexity index is 221. The van der Waals surface area contributed by atoms with Crippen molar-refractivity contribution in [2.45, 2.75) is 19.8 Å². The molecule has 0 saturated heterocycles. The second kappa shape index (κ2) is 5.12. The van der Waals surface area contributed by atoms with Gasteiger partial charge in [-0.15, -0.1) is 0 Å². The lowest BCUT2D eigenvalue weighted by Crippen LogP contribution is -1.91. The third kappa shape index (κ3) is 6.13. The molecular weight excluding hydrogens is 179 g/mol. The SMILES string of the molecule is CCP(=O)(O)C=CCCC(=O)O. The van der Waals surface area contributed by atoms with Crippen LogP contribution in [-0.2, 0) is 9.36 Å². The van der Waals surface area contributed by atoms with Crippen LogP contribution in [0, 0.1) is 0 Å². The number of aliphatic carboxylic acids is 1. The third-order valence-electron chi connectivity index (χ3n) is 1.32. The predicted molar refractivity (Wildman–Crippen MR) is 46.4 cm³/mol. The zero-order chi connectivity index (χ0) is 9.61. The van der Waals surface area contributed by atoms with Crippen LogP contribution in [-0.4, -0.2) is 22.1 Å². The first-order valence-corrected chi connectivity index (χ1v) is 5.60. The van der Waals surface area contributed by atoms with Gasteiger partial charge in [-0.1, -0.05) is 13.0 Å². The Balaban J connectivity index is 3.77. The molecule has 5 heteroatoms. The fourth-order valence-electron chi connectivity index (χ4n) is 0.551. The smallest absolute Gasteiger partial charge is 0.303 e. The highest BCUT2D eigenvalue weighted by atomic mass is 31.2. The van der Waals surface area contributed by atoms with Crippen LogP contribution >= 0.6 is 7.37 Å². The van der Waals surface area contributed by atoms with Crippen LogP contribution in [0.3, 0.4) is 0 Å². The van der Waals surface area contributed by atoms with E-state index in [-0.39, 0.29) is 12.6 Å². The van der Waals surface area contributed by atoms with E-state index in [4.69, 9.17) is 10.00 Å². The van der Waals surface area contributed by atoms with Crippen LogP contribution in [0.25, 0.3) is 0 Å². The normalized spacial score (nSPS) is 16.2. The lowest BCUT2D eigenvalue weighted by Gasteiger charge is -1.99. The van der Waals surface area contributed by atoms with E-state index in [0.29, 0.717) is 6.42 Å². The highest BCUT2D eigenvalue weighted by Gasteiger charge is 2.08. The number of hydrogen-bond donors (Lipinski definition) is 2. The molecule has 0 radical (unpaired) electrons. The molecule has 0 saturated carbocycles. The van der Waals surface area contributed by atoms with Crippen LogP contribution in [0.15, 0.2) is 11.9 Å². The molecule has 12 heavy (non-hydrogen) atoms. The monoisotopic (exact) mass is 192 g/mol. The summed E-state index contributed by atoms with van der Waals surface area (Å²) in [6, 6.07) is 0. The molecule has 2 N–H and O–H groups in total. The third-order valence-corrected chi connectivity index (χ3v) is 2.90. The molecule has 1 unspecified atom stereocenters. The average Bonchev–Trinajstić information content (AvgIpc) is 1.98. The number of allylic oxidation sites excluding steroid dienone is 1. The molecule has 1 atom stereocenters. The quantitative estimate of drug-likeness (QED) is 0.649. The first kappa shape index (κ1) is 11.4. The van der Waals surface area contributed by atoms with Crippen LogP contribution < -0.4 is 0 Å². The molecule has 0 spiro atoms. The van der Waals surface area contributed by atoms with Crippen LogP contribution in [0.5, 0.6) is 0 Å². The Kier molecular flexibility index (Phi) is 4.86. The van der Waals surface area contributed by atoms with E-state index in [2.05, 4.69) is 0 Å². The summed E-state index contributed by atoms with van der Waals surface area (Å²) in [6.45, 7) is 1.61. The number of carboxylic acids is 1. The predicted octanol–water partition coefficient (Wildman–Crippen LogP) is 1.66. The fraction of sp³-hybridized carbons (Fsp3) is 0.571. The summed E-state index contributed by atoms with van der Waals surface area (Å²) in [5, 5.41) is 8.23. The summed E-state index contributed by atoms with van der Waals surface area (Å²) in [6.07, 6.45) is 1.94. The molecule has 0 aliphatic carbocycles. The number of carboxylic acid groups (broad SMARTS) is 1. The van der Waals surface area contributed by atoms with Gasteiger partial charge in [-0.05, 0) is 12.2 Å². The number of hydrogen-bond acceptors (Lipinski definition) is 2. The maximum Gasteiger partial charge on any atom is 0.303 e. The Hall–Kier alpha value is -0.600. The van der Waals surface area contributed by atoms with Gasteiger partial charge in [0.2, 0.25) is 7.37 Å². The standard InChI is InChI=1S/C7H13O4P/c1-2-12(10,11)6-4-3-5-7(8)9/h4,6H,2-3,5H2,1H3,(H,8,9)(H,10,11). The Morgan fingerprint density at radius 2 is 2.17 bits per heavy atom. The maximum absolute atomic E-state index is 10.9. The van der Waals surface area contributed by atoms with Gasteiger partial charge in [0.1, 0.15) is 0 Å². The Morgan fingerprint density at radius 3 is 2.58 bits per heavy atom. The summed E-state index contributed by atoms with van der Waals surface area (Å²) in [4.78, 5) is 19.0. The van der Waals surface area contributed by atoms with Gasteiger partial charge in [-0.25, -0.2) is 0 Å². The van der Waals surface area contributed by atoms with Gasteiger partial charge >= 0.3 is 5.97 Å². The van der Waals surface area contributed by atoms with Gasteiger partial charge in [0, 0.05) is 12.6 Å². The van der Waals surface area contributed by atoms with E-state index >= 15 is 0 Å². The molecule has 0 rings (SSSR count). The average molecular weight is 192 g/mol. The second-order valence-corrected chi connectivity index (χ2v) is 4.83. The molecule has 0 amide bonds. The van der Waals surface area contributed by atoms with E-state index in [9.17, 15) is 9.36 Å². The van der Waals surface area contributed by atoms with Crippen molar-refractivity contribution in [3.05, 3.63) is 11.9 Å². The molecular formula is C7H13O4P. The largest absolute Gasteiger partial charge is 0.481 e. The minimum Gasteiger partial charge on any atom is -0.481 e. The van der Waals surface area contributed by atoms with E-state index in [1.54, 1.807) is 6.92 Å². The summed E-state index contributed by atoms with van der Waals surface area (Å²) in [7, 11) is -3.11. The van der Waals surface area contributed by atoms with Gasteiger partial charge < -0.3 is 10.00 Å². The molecule has 0 heterocycles. The summed E-state index contributed by atoms with van der Waals surface area (Å²) < 4.78 is 10.9. The van der Waals surface area contributed by atoms with Crippen molar-refractivity contribution in [2.75, 3.05) is 6.16 Å². The van der Waals surface area contributed by atoms with Crippen LogP contribution in [0.2, 0.25) is 0 Å². The molecule has 70 valence electrons. The van der Waals surface area contributed by atoms with Gasteiger partial charge in [0.25, 0.3) is 0 Å². The van der Waals surface area contributed by atoms with Crippen molar-refractivity contribution >= 4 is 13.3 Å². The minimum absolute atomic E-state index is 0.000213. The molecule has 0 fully saturated rings. The van der Waals surface area contributed by atoms with Crippen molar-refractivity contribution in [3.63, 3.8) is 0 Å². The molecule has 0 aromatic heterocycles. The Morgan fingerprint density at radius 1 is 1.58 bits per heavy atom. The van der Waals surface area contributed by atoms with Gasteiger partial charge in [0.05, 0.1) is 0 Å². The van der Waals surface area contributed by atoms with Crippen molar-refractivity contribution in [1.29, 1.82) is 0 Å². The van der Waals surface area contributed by atoms with Crippen molar-refractivity contribution in [1.82, 2.24) is 0 Å². The zero-order valence-corrected chi connectivity index (χ0v) is 7.83. The first-order chi connectivity index (χ1) is 5.48. The summed E-state index contributed by atoms with van der Waals surface area (Å²) in [5.74, 6) is 0.305. The molecule has 4 nitrogen and oxygen atoms in total. The van der Waals surface area contributed by atoms with Gasteiger partial charge in [0.15, 0.2) is 0 Å². The highest BCUT2D eigenvalue weighted by molar-refractivity contribution is 7.61. The zero-order valence-electron chi connectivity index (χ0n) is 6.93. The van der Waals surface area contributed by atoms with Crippen molar-refractivity contribution in [3.8, 4) is 0 Å². The Labute approximate surface area is 71.4 Å². The summed E-state index contributed by atoms with van der Waals surface area (Å²) in [5.41, 5.74) is 0. The molecule has 0 aliphatic rings. The lowest BCUT2D eigenvalue weighted by molar-refractivity contribution is -0.136. The fourth-order valence-corrected chi connectivity index (χ4v) is 1.24. The lowest BCUT2D eigenvalue weighted by atomic mass is 10.3. The van der Waals surface area contributed by atoms with Crippen LogP contribution in [0.1, 0.15) is 19.8 Å². The number of carbonyl (C=O) groups is 1. The van der Waals surface area contributed by atoms with E-state index < -0.39 is 13.3 Å². The van der Waals surface area contributed by atoms with Crippen molar-refractivity contribution in [2.24, 2.45) is 0 Å². The van der Waals surface area contributed by atoms with Crippen molar-refractivity contribution < 1.29 is 19.4 Å². The molecule has 0 aliphatic heterocycles. The number of rotatable bonds is 5. The highest BCUT2D eigenvalue weighted by Crippen LogP contribution is 2.41. The van der Waals surface area contributed by atoms with E-state index in [1.165, 1.54) is 11.9 Å². The topological polar surface area (TPSA) is 74.6 Å². The minimum atomic E-state index is -3.11. The van der Waals surface area contributed by atoms with Gasteiger partial charge in [-0.3, -0.25) is 9.36 Å². The van der Waals surface area contributed by atoms with Crippen LogP contribution in [0.4, 0.5) is 0 Å². The molecule has 0 aromatic rings. The van der Waals surface area contributed by atoms with E-state index in [1.807, 2.05) is 0 Å². The summed E-state index contributed by atoms with van der Waals surface area (Å²) >= 11 is 0. The first-order valence-electron chi connectivity index (χ1n) is 3.69. The molecule has 0 aromatic carbocycles. The molecule has 0 bridgehead atoms.